The molecule has 0 spiro atoms. The van der Waals surface area contributed by atoms with Gasteiger partial charge in [-0.15, -0.1) is 0 Å². The van der Waals surface area contributed by atoms with Crippen LogP contribution in [-0.2, 0) is 27.4 Å². The van der Waals surface area contributed by atoms with Crippen molar-refractivity contribution in [1.29, 1.82) is 0 Å². The number of ether oxygens (including phenoxy) is 3. The van der Waals surface area contributed by atoms with Gasteiger partial charge < -0.3 is 24.4 Å². The van der Waals surface area contributed by atoms with Crippen molar-refractivity contribution in [3.8, 4) is 0 Å². The number of rotatable bonds is 7. The second-order valence-electron chi connectivity index (χ2n) is 5.77. The SMILES string of the molecule is OC[C@H]1OC(O)[C@H](OCc2ccccc2)[C@@H]1OCc1ccccc1. The van der Waals surface area contributed by atoms with Crippen LogP contribution in [0.15, 0.2) is 60.7 Å². The van der Waals surface area contributed by atoms with Crippen LogP contribution < -0.4 is 0 Å². The fraction of sp³-hybridized carbons (Fsp3) is 0.368. The van der Waals surface area contributed by atoms with Gasteiger partial charge in [0.1, 0.15) is 18.3 Å². The zero-order valence-electron chi connectivity index (χ0n) is 13.3. The Labute approximate surface area is 141 Å². The maximum Gasteiger partial charge on any atom is 0.184 e. The van der Waals surface area contributed by atoms with E-state index in [-0.39, 0.29) is 6.61 Å². The molecule has 5 nitrogen and oxygen atoms in total. The highest BCUT2D eigenvalue weighted by Gasteiger charge is 2.45. The first-order valence-corrected chi connectivity index (χ1v) is 8.03. The molecule has 1 heterocycles. The summed E-state index contributed by atoms with van der Waals surface area (Å²) in [5.41, 5.74) is 2.01. The van der Waals surface area contributed by atoms with Crippen LogP contribution in [0.5, 0.6) is 0 Å². The molecule has 128 valence electrons. The number of aliphatic hydroxyl groups is 2. The number of hydrogen-bond donors (Lipinski definition) is 2. The summed E-state index contributed by atoms with van der Waals surface area (Å²) in [6, 6.07) is 19.4. The first kappa shape index (κ1) is 17.1. The lowest BCUT2D eigenvalue weighted by Crippen LogP contribution is -2.38. The van der Waals surface area contributed by atoms with Crippen molar-refractivity contribution in [2.24, 2.45) is 0 Å². The van der Waals surface area contributed by atoms with Crippen LogP contribution in [0.25, 0.3) is 0 Å². The van der Waals surface area contributed by atoms with Gasteiger partial charge in [-0.3, -0.25) is 0 Å². The summed E-state index contributed by atoms with van der Waals surface area (Å²) < 4.78 is 17.1. The average Bonchev–Trinajstić information content (AvgIpc) is 2.94. The van der Waals surface area contributed by atoms with E-state index in [1.165, 1.54) is 0 Å². The van der Waals surface area contributed by atoms with E-state index in [1.54, 1.807) is 0 Å². The Balaban J connectivity index is 1.63. The van der Waals surface area contributed by atoms with Gasteiger partial charge >= 0.3 is 0 Å². The average molecular weight is 330 g/mol. The fourth-order valence-corrected chi connectivity index (χ4v) is 2.77. The lowest BCUT2D eigenvalue weighted by Gasteiger charge is -2.23. The van der Waals surface area contributed by atoms with E-state index in [1.807, 2.05) is 60.7 Å². The second-order valence-corrected chi connectivity index (χ2v) is 5.77. The van der Waals surface area contributed by atoms with E-state index in [0.717, 1.165) is 11.1 Å². The summed E-state index contributed by atoms with van der Waals surface area (Å²) in [5, 5.41) is 19.6. The topological polar surface area (TPSA) is 68.2 Å². The Bertz CT molecular complexity index is 604. The van der Waals surface area contributed by atoms with Crippen molar-refractivity contribution in [2.45, 2.75) is 37.8 Å². The van der Waals surface area contributed by atoms with Gasteiger partial charge in [-0.05, 0) is 11.1 Å². The highest BCUT2D eigenvalue weighted by molar-refractivity contribution is 5.14. The molecule has 0 bridgehead atoms. The van der Waals surface area contributed by atoms with Gasteiger partial charge in [0.15, 0.2) is 6.29 Å². The second kappa shape index (κ2) is 8.37. The Morgan fingerprint density at radius 3 is 1.79 bits per heavy atom. The Morgan fingerprint density at radius 1 is 0.792 bits per heavy atom. The van der Waals surface area contributed by atoms with Gasteiger partial charge in [-0.25, -0.2) is 0 Å². The molecule has 2 aromatic rings. The minimum Gasteiger partial charge on any atom is -0.394 e. The van der Waals surface area contributed by atoms with Crippen LogP contribution in [-0.4, -0.2) is 41.4 Å². The summed E-state index contributed by atoms with van der Waals surface area (Å²) in [4.78, 5) is 0. The molecular formula is C19H22O5. The number of hydrogen-bond acceptors (Lipinski definition) is 5. The lowest BCUT2D eigenvalue weighted by atomic mass is 10.1. The predicted octanol–water partition coefficient (Wildman–Crippen LogP) is 1.87. The van der Waals surface area contributed by atoms with Crippen LogP contribution in [0, 0.1) is 0 Å². The van der Waals surface area contributed by atoms with Gasteiger partial charge in [0, 0.05) is 0 Å². The monoisotopic (exact) mass is 330 g/mol. The van der Waals surface area contributed by atoms with Crippen LogP contribution in [0.2, 0.25) is 0 Å². The molecule has 0 amide bonds. The minimum absolute atomic E-state index is 0.234. The van der Waals surface area contributed by atoms with E-state index in [9.17, 15) is 10.2 Å². The molecule has 1 saturated heterocycles. The van der Waals surface area contributed by atoms with Gasteiger partial charge in [0.25, 0.3) is 0 Å². The van der Waals surface area contributed by atoms with Crippen LogP contribution in [0.1, 0.15) is 11.1 Å². The Morgan fingerprint density at radius 2 is 1.29 bits per heavy atom. The van der Waals surface area contributed by atoms with Gasteiger partial charge in [0.05, 0.1) is 19.8 Å². The maximum atomic E-state index is 10.1. The van der Waals surface area contributed by atoms with Crippen LogP contribution >= 0.6 is 0 Å². The fourth-order valence-electron chi connectivity index (χ4n) is 2.77. The molecule has 5 heteroatoms. The number of benzene rings is 2. The molecular weight excluding hydrogens is 308 g/mol. The van der Waals surface area contributed by atoms with E-state index in [2.05, 4.69) is 0 Å². The first-order chi connectivity index (χ1) is 11.8. The molecule has 0 aromatic heterocycles. The van der Waals surface area contributed by atoms with Crippen LogP contribution in [0.3, 0.4) is 0 Å². The molecule has 0 saturated carbocycles. The highest BCUT2D eigenvalue weighted by atomic mass is 16.7. The summed E-state index contributed by atoms with van der Waals surface area (Å²) in [5.74, 6) is 0. The normalized spacial score (nSPS) is 26.6. The van der Waals surface area contributed by atoms with Crippen molar-refractivity contribution < 1.29 is 24.4 Å². The highest BCUT2D eigenvalue weighted by Crippen LogP contribution is 2.27. The van der Waals surface area contributed by atoms with Crippen molar-refractivity contribution >= 4 is 0 Å². The molecule has 1 aliphatic rings. The summed E-state index contributed by atoms with van der Waals surface area (Å²) >= 11 is 0. The Hall–Kier alpha value is -1.76. The first-order valence-electron chi connectivity index (χ1n) is 8.03. The molecule has 0 aliphatic carbocycles. The van der Waals surface area contributed by atoms with E-state index in [0.29, 0.717) is 13.2 Å². The zero-order valence-corrected chi connectivity index (χ0v) is 13.3. The standard InChI is InChI=1S/C19H22O5/c20-11-16-17(22-12-14-7-3-1-4-8-14)18(19(21)24-16)23-13-15-9-5-2-6-10-15/h1-10,16-21H,11-13H2/t16-,17-,18-,19?/m1/s1. The van der Waals surface area contributed by atoms with Gasteiger partial charge in [-0.1, -0.05) is 60.7 Å². The molecule has 1 fully saturated rings. The molecule has 0 radical (unpaired) electrons. The van der Waals surface area contributed by atoms with E-state index in [4.69, 9.17) is 14.2 Å². The van der Waals surface area contributed by atoms with Crippen molar-refractivity contribution in [3.63, 3.8) is 0 Å². The molecule has 1 aliphatic heterocycles. The zero-order chi connectivity index (χ0) is 16.8. The molecule has 4 atom stereocenters. The van der Waals surface area contributed by atoms with Crippen molar-refractivity contribution in [3.05, 3.63) is 71.8 Å². The Kier molecular flexibility index (Phi) is 5.96. The predicted molar refractivity (Wildman–Crippen MR) is 88.0 cm³/mol. The van der Waals surface area contributed by atoms with E-state index < -0.39 is 24.6 Å². The third-order valence-corrected chi connectivity index (χ3v) is 4.04. The van der Waals surface area contributed by atoms with Gasteiger partial charge in [-0.2, -0.15) is 0 Å². The smallest absolute Gasteiger partial charge is 0.184 e. The third kappa shape index (κ3) is 4.20. The molecule has 3 rings (SSSR count). The van der Waals surface area contributed by atoms with E-state index >= 15 is 0 Å². The van der Waals surface area contributed by atoms with Crippen molar-refractivity contribution in [1.82, 2.24) is 0 Å². The molecule has 1 unspecified atom stereocenters. The number of aliphatic hydroxyl groups excluding tert-OH is 2. The molecule has 2 N–H and O–H groups in total. The third-order valence-electron chi connectivity index (χ3n) is 4.04. The summed E-state index contributed by atoms with van der Waals surface area (Å²) in [7, 11) is 0. The summed E-state index contributed by atoms with van der Waals surface area (Å²) in [6.45, 7) is 0.472. The van der Waals surface area contributed by atoms with Crippen LogP contribution in [0.4, 0.5) is 0 Å². The largest absolute Gasteiger partial charge is 0.394 e. The maximum absolute atomic E-state index is 10.1. The van der Waals surface area contributed by atoms with Gasteiger partial charge in [0.2, 0.25) is 0 Å². The molecule has 24 heavy (non-hydrogen) atoms. The molecule has 2 aromatic carbocycles. The lowest BCUT2D eigenvalue weighted by molar-refractivity contribution is -0.151. The summed E-state index contributed by atoms with van der Waals surface area (Å²) in [6.07, 6.45) is -2.91. The van der Waals surface area contributed by atoms with Crippen molar-refractivity contribution in [2.75, 3.05) is 6.61 Å². The minimum atomic E-state index is -1.12. The quantitative estimate of drug-likeness (QED) is 0.811.